The average Bonchev–Trinajstić information content (AvgIpc) is 3.20. The summed E-state index contributed by atoms with van der Waals surface area (Å²) in [6.07, 6.45) is 1.98. The lowest BCUT2D eigenvalue weighted by Crippen LogP contribution is -2.46. The molecule has 1 aliphatic heterocycles. The molecule has 1 aliphatic rings. The number of β-amino-alcohol motifs (C(OH)–C–C–N with tert-alkyl or cyclic N) is 1. The number of nitrogens with two attached hydrogens (primary N) is 1. The van der Waals surface area contributed by atoms with Crippen molar-refractivity contribution < 1.29 is 9.90 Å². The van der Waals surface area contributed by atoms with Gasteiger partial charge >= 0.3 is 0 Å². The van der Waals surface area contributed by atoms with Crippen molar-refractivity contribution in [3.05, 3.63) is 42.4 Å². The van der Waals surface area contributed by atoms with E-state index in [4.69, 9.17) is 5.73 Å². The summed E-state index contributed by atoms with van der Waals surface area (Å²) in [6.45, 7) is 2.41. The van der Waals surface area contributed by atoms with Crippen LogP contribution >= 0.6 is 0 Å². The van der Waals surface area contributed by atoms with Gasteiger partial charge < -0.3 is 15.7 Å². The van der Waals surface area contributed by atoms with Crippen LogP contribution in [0.15, 0.2) is 36.5 Å². The monoisotopic (exact) mass is 338 g/mol. The molecule has 1 aromatic carbocycles. The van der Waals surface area contributed by atoms with Crippen LogP contribution in [0.25, 0.3) is 16.7 Å². The van der Waals surface area contributed by atoms with Crippen LogP contribution in [-0.2, 0) is 4.79 Å². The van der Waals surface area contributed by atoms with E-state index in [1.54, 1.807) is 10.9 Å². The number of benzene rings is 1. The van der Waals surface area contributed by atoms with Gasteiger partial charge in [0.1, 0.15) is 11.6 Å². The van der Waals surface area contributed by atoms with Gasteiger partial charge in [-0.05, 0) is 19.1 Å². The topological polar surface area (TPSA) is 110 Å². The van der Waals surface area contributed by atoms with E-state index < -0.39 is 11.5 Å². The molecule has 4 rings (SSSR count). The van der Waals surface area contributed by atoms with Crippen LogP contribution in [0.4, 0.5) is 5.82 Å². The molecule has 3 N–H and O–H groups in total. The highest BCUT2D eigenvalue weighted by molar-refractivity contribution is 5.90. The molecule has 1 atom stereocenters. The summed E-state index contributed by atoms with van der Waals surface area (Å²) in [7, 11) is 0. The van der Waals surface area contributed by atoms with Crippen molar-refractivity contribution in [1.29, 1.82) is 0 Å². The largest absolute Gasteiger partial charge is 0.378 e. The van der Waals surface area contributed by atoms with Gasteiger partial charge in [0.25, 0.3) is 5.91 Å². The van der Waals surface area contributed by atoms with Crippen molar-refractivity contribution >= 4 is 22.8 Å². The fourth-order valence-corrected chi connectivity index (χ4v) is 3.17. The first-order chi connectivity index (χ1) is 12.0. The van der Waals surface area contributed by atoms with Crippen LogP contribution in [0.5, 0.6) is 0 Å². The van der Waals surface area contributed by atoms with E-state index in [2.05, 4.69) is 15.1 Å². The Kier molecular flexibility index (Phi) is 3.43. The number of fused-ring (bicyclic) bond motifs is 1. The number of hydrogen-bond donors (Lipinski definition) is 2. The number of hydrogen-bond acceptors (Lipinski definition) is 6. The number of para-hydroxylation sites is 1. The van der Waals surface area contributed by atoms with E-state index in [9.17, 15) is 9.90 Å². The third kappa shape index (κ3) is 2.51. The number of primary amides is 1. The molecule has 1 amide bonds. The van der Waals surface area contributed by atoms with Gasteiger partial charge in [0.15, 0.2) is 11.2 Å². The Morgan fingerprint density at radius 3 is 2.72 bits per heavy atom. The normalized spacial score (nSPS) is 20.3. The molecule has 128 valence electrons. The molecule has 8 nitrogen and oxygen atoms in total. The van der Waals surface area contributed by atoms with E-state index in [-0.39, 0.29) is 13.0 Å². The minimum atomic E-state index is -1.53. The van der Waals surface area contributed by atoms with Crippen molar-refractivity contribution in [3.63, 3.8) is 0 Å². The Morgan fingerprint density at radius 2 is 2.04 bits per heavy atom. The Balaban J connectivity index is 1.81. The van der Waals surface area contributed by atoms with Gasteiger partial charge in [-0.2, -0.15) is 5.10 Å². The van der Waals surface area contributed by atoms with Crippen molar-refractivity contribution in [2.45, 2.75) is 18.9 Å². The second kappa shape index (κ2) is 5.52. The zero-order valence-corrected chi connectivity index (χ0v) is 13.8. The molecule has 0 radical (unpaired) electrons. The Morgan fingerprint density at radius 1 is 1.28 bits per heavy atom. The first-order valence-corrected chi connectivity index (χ1v) is 8.03. The molecular formula is C17H18N6O2. The minimum Gasteiger partial charge on any atom is -0.378 e. The molecule has 3 aromatic rings. The maximum atomic E-state index is 11.5. The standard InChI is InChI=1S/C17H18N6O2/c1-11-20-14(22-8-7-17(25,10-22)16(18)24)13-9-19-23(15(13)21-11)12-5-3-2-4-6-12/h2-6,9,25H,7-8,10H2,1H3,(H2,18,24). The zero-order valence-electron chi connectivity index (χ0n) is 13.8. The lowest BCUT2D eigenvalue weighted by atomic mass is 10.0. The molecule has 2 aromatic heterocycles. The number of aliphatic hydroxyl groups is 1. The van der Waals surface area contributed by atoms with Gasteiger partial charge in [-0.25, -0.2) is 14.6 Å². The number of carbonyl (C=O) groups excluding carboxylic acids is 1. The van der Waals surface area contributed by atoms with E-state index >= 15 is 0 Å². The number of rotatable bonds is 3. The van der Waals surface area contributed by atoms with Gasteiger partial charge in [-0.15, -0.1) is 0 Å². The summed E-state index contributed by atoms with van der Waals surface area (Å²) in [6, 6.07) is 9.71. The fourth-order valence-electron chi connectivity index (χ4n) is 3.17. The van der Waals surface area contributed by atoms with E-state index in [1.807, 2.05) is 42.2 Å². The van der Waals surface area contributed by atoms with Crippen molar-refractivity contribution in [2.75, 3.05) is 18.0 Å². The van der Waals surface area contributed by atoms with Crippen LogP contribution in [-0.4, -0.2) is 49.5 Å². The lowest BCUT2D eigenvalue weighted by Gasteiger charge is -2.21. The number of nitrogens with zero attached hydrogens (tertiary/aromatic N) is 5. The van der Waals surface area contributed by atoms with Crippen LogP contribution in [0, 0.1) is 6.92 Å². The minimum absolute atomic E-state index is 0.115. The first kappa shape index (κ1) is 15.5. The van der Waals surface area contributed by atoms with Crippen LogP contribution in [0.2, 0.25) is 0 Å². The molecular weight excluding hydrogens is 320 g/mol. The smallest absolute Gasteiger partial charge is 0.251 e. The van der Waals surface area contributed by atoms with Crippen molar-refractivity contribution in [2.24, 2.45) is 5.73 Å². The summed E-state index contributed by atoms with van der Waals surface area (Å²) in [5.74, 6) is 0.536. The Labute approximate surface area is 143 Å². The molecule has 0 spiro atoms. The van der Waals surface area contributed by atoms with Gasteiger partial charge in [-0.3, -0.25) is 4.79 Å². The summed E-state index contributed by atoms with van der Waals surface area (Å²) >= 11 is 0. The SMILES string of the molecule is Cc1nc(N2CCC(O)(C(N)=O)C2)c2cnn(-c3ccccc3)c2n1. The van der Waals surface area contributed by atoms with Gasteiger partial charge in [0, 0.05) is 13.0 Å². The molecule has 0 bridgehead atoms. The van der Waals surface area contributed by atoms with Crippen molar-refractivity contribution in [3.8, 4) is 5.69 Å². The fraction of sp³-hybridized carbons (Fsp3) is 0.294. The number of amides is 1. The second-order valence-corrected chi connectivity index (χ2v) is 6.29. The Hall–Kier alpha value is -3.00. The molecule has 1 saturated heterocycles. The second-order valence-electron chi connectivity index (χ2n) is 6.29. The third-order valence-corrected chi connectivity index (χ3v) is 4.53. The van der Waals surface area contributed by atoms with Gasteiger partial charge in [-0.1, -0.05) is 18.2 Å². The molecule has 1 fully saturated rings. The number of carbonyl (C=O) groups is 1. The van der Waals surface area contributed by atoms with Crippen LogP contribution in [0.3, 0.4) is 0 Å². The Bertz CT molecular complexity index is 954. The van der Waals surface area contributed by atoms with Crippen LogP contribution in [0.1, 0.15) is 12.2 Å². The summed E-state index contributed by atoms with van der Waals surface area (Å²) in [4.78, 5) is 22.4. The summed E-state index contributed by atoms with van der Waals surface area (Å²) in [5.41, 5.74) is 5.39. The van der Waals surface area contributed by atoms with E-state index in [0.29, 0.717) is 23.8 Å². The van der Waals surface area contributed by atoms with Crippen LogP contribution < -0.4 is 10.6 Å². The maximum Gasteiger partial charge on any atom is 0.251 e. The molecule has 25 heavy (non-hydrogen) atoms. The quantitative estimate of drug-likeness (QED) is 0.722. The maximum absolute atomic E-state index is 11.5. The highest BCUT2D eigenvalue weighted by Crippen LogP contribution is 2.31. The number of aryl methyl sites for hydroxylation is 1. The van der Waals surface area contributed by atoms with E-state index in [0.717, 1.165) is 11.1 Å². The highest BCUT2D eigenvalue weighted by atomic mass is 16.3. The van der Waals surface area contributed by atoms with Crippen molar-refractivity contribution in [1.82, 2.24) is 19.7 Å². The summed E-state index contributed by atoms with van der Waals surface area (Å²) in [5, 5.41) is 15.6. The number of anilines is 1. The molecule has 0 saturated carbocycles. The average molecular weight is 338 g/mol. The predicted octanol–water partition coefficient (Wildman–Crippen LogP) is 0.550. The molecule has 1 unspecified atom stereocenters. The molecule has 3 heterocycles. The van der Waals surface area contributed by atoms with Gasteiger partial charge in [0.05, 0.1) is 23.8 Å². The molecule has 0 aliphatic carbocycles. The summed E-state index contributed by atoms with van der Waals surface area (Å²) < 4.78 is 1.75. The van der Waals surface area contributed by atoms with E-state index in [1.165, 1.54) is 0 Å². The predicted molar refractivity (Wildman–Crippen MR) is 92.4 cm³/mol. The lowest BCUT2D eigenvalue weighted by molar-refractivity contribution is -0.134. The first-order valence-electron chi connectivity index (χ1n) is 8.03. The van der Waals surface area contributed by atoms with Gasteiger partial charge in [0.2, 0.25) is 0 Å². The zero-order chi connectivity index (χ0) is 17.6. The number of aromatic nitrogens is 4. The molecule has 8 heteroatoms. The third-order valence-electron chi connectivity index (χ3n) is 4.53. The highest BCUT2D eigenvalue weighted by Gasteiger charge is 2.42.